The van der Waals surface area contributed by atoms with Gasteiger partial charge in [0.2, 0.25) is 5.91 Å². The van der Waals surface area contributed by atoms with Gasteiger partial charge in [0.05, 0.1) is 23.3 Å². The molecule has 0 unspecified atom stereocenters. The number of carbonyl (C=O) groups excluding carboxylic acids is 1. The quantitative estimate of drug-likeness (QED) is 0.694. The summed E-state index contributed by atoms with van der Waals surface area (Å²) in [6.07, 6.45) is 4.50. The molecule has 3 aromatic rings. The molecule has 1 saturated heterocycles. The smallest absolute Gasteiger partial charge is 0.261 e. The largest absolute Gasteiger partial charge is 0.312 e. The van der Waals surface area contributed by atoms with Crippen molar-refractivity contribution < 1.29 is 13.2 Å². The van der Waals surface area contributed by atoms with Crippen molar-refractivity contribution in [2.75, 3.05) is 16.2 Å². The molecule has 0 bridgehead atoms. The first kappa shape index (κ1) is 18.2. The van der Waals surface area contributed by atoms with Gasteiger partial charge in [-0.25, -0.2) is 8.42 Å². The Morgan fingerprint density at radius 2 is 1.79 bits per heavy atom. The van der Waals surface area contributed by atoms with Gasteiger partial charge in [0.25, 0.3) is 10.0 Å². The van der Waals surface area contributed by atoms with Gasteiger partial charge in [0.1, 0.15) is 0 Å². The van der Waals surface area contributed by atoms with Gasteiger partial charge < -0.3 is 4.90 Å². The van der Waals surface area contributed by atoms with Crippen LogP contribution in [-0.4, -0.2) is 30.7 Å². The van der Waals surface area contributed by atoms with E-state index in [2.05, 4.69) is 9.82 Å². The number of nitrogens with one attached hydrogen (secondary N) is 1. The molecule has 1 aromatic heterocycles. The Morgan fingerprint density at radius 3 is 2.46 bits per heavy atom. The molecule has 1 fully saturated rings. The molecular weight excluding hydrogens is 376 g/mol. The van der Waals surface area contributed by atoms with Crippen molar-refractivity contribution >= 4 is 27.3 Å². The van der Waals surface area contributed by atoms with E-state index in [-0.39, 0.29) is 10.8 Å². The van der Waals surface area contributed by atoms with Gasteiger partial charge >= 0.3 is 0 Å². The summed E-state index contributed by atoms with van der Waals surface area (Å²) in [7, 11) is -3.73. The maximum Gasteiger partial charge on any atom is 0.261 e. The first-order valence-electron chi connectivity index (χ1n) is 9.01. The normalized spacial score (nSPS) is 14.4. The molecule has 4 rings (SSSR count). The third-order valence-electron chi connectivity index (χ3n) is 4.60. The molecule has 28 heavy (non-hydrogen) atoms. The second-order valence-corrected chi connectivity index (χ2v) is 8.34. The number of carbonyl (C=O) groups is 1. The zero-order valence-electron chi connectivity index (χ0n) is 15.2. The number of benzene rings is 2. The number of hydrogen-bond donors (Lipinski definition) is 1. The molecular formula is C20H20N4O3S. The molecule has 1 N–H and O–H groups in total. The predicted molar refractivity (Wildman–Crippen MR) is 107 cm³/mol. The van der Waals surface area contributed by atoms with Gasteiger partial charge in [-0.2, -0.15) is 5.10 Å². The van der Waals surface area contributed by atoms with Crippen molar-refractivity contribution in [3.63, 3.8) is 0 Å². The molecule has 0 aliphatic carbocycles. The van der Waals surface area contributed by atoms with Crippen LogP contribution in [0.1, 0.15) is 18.4 Å². The average Bonchev–Trinajstić information content (AvgIpc) is 3.31. The number of aromatic nitrogens is 2. The minimum Gasteiger partial charge on any atom is -0.312 e. The second kappa shape index (κ2) is 7.47. The molecule has 2 heterocycles. The minimum atomic E-state index is -3.73. The number of nitrogens with zero attached hydrogens (tertiary/aromatic N) is 3. The molecule has 144 valence electrons. The Balaban J connectivity index is 1.46. The van der Waals surface area contributed by atoms with Crippen LogP contribution in [0, 0.1) is 0 Å². The van der Waals surface area contributed by atoms with E-state index in [0.29, 0.717) is 25.2 Å². The zero-order chi connectivity index (χ0) is 19.6. The van der Waals surface area contributed by atoms with Crippen LogP contribution >= 0.6 is 0 Å². The number of amides is 1. The van der Waals surface area contributed by atoms with Gasteiger partial charge in [0.15, 0.2) is 0 Å². The topological polar surface area (TPSA) is 84.3 Å². The Morgan fingerprint density at radius 1 is 1.04 bits per heavy atom. The summed E-state index contributed by atoms with van der Waals surface area (Å²) in [4.78, 5) is 13.6. The van der Waals surface area contributed by atoms with Crippen LogP contribution < -0.4 is 9.62 Å². The van der Waals surface area contributed by atoms with E-state index in [4.69, 9.17) is 0 Å². The lowest BCUT2D eigenvalue weighted by Crippen LogP contribution is -2.23. The fourth-order valence-corrected chi connectivity index (χ4v) is 4.24. The molecule has 0 atom stereocenters. The van der Waals surface area contributed by atoms with Crippen LogP contribution in [0.3, 0.4) is 0 Å². The predicted octanol–water partition coefficient (Wildman–Crippen LogP) is 2.86. The van der Waals surface area contributed by atoms with Gasteiger partial charge in [-0.3, -0.25) is 14.2 Å². The second-order valence-electron chi connectivity index (χ2n) is 6.66. The number of sulfonamides is 1. The lowest BCUT2D eigenvalue weighted by molar-refractivity contribution is -0.117. The van der Waals surface area contributed by atoms with E-state index in [0.717, 1.165) is 17.7 Å². The SMILES string of the molecule is O=C1CCCN1c1ccc(S(=O)(=O)Nc2cnn(Cc3ccccc3)c2)cc1. The molecule has 0 saturated carbocycles. The third-order valence-corrected chi connectivity index (χ3v) is 6.00. The Labute approximate surface area is 163 Å². The van der Waals surface area contributed by atoms with Gasteiger partial charge in [-0.15, -0.1) is 0 Å². The maximum absolute atomic E-state index is 12.6. The maximum atomic E-state index is 12.6. The zero-order valence-corrected chi connectivity index (χ0v) is 16.0. The molecule has 8 heteroatoms. The van der Waals surface area contributed by atoms with Gasteiger partial charge in [-0.1, -0.05) is 30.3 Å². The highest BCUT2D eigenvalue weighted by molar-refractivity contribution is 7.92. The summed E-state index contributed by atoms with van der Waals surface area (Å²) in [5.74, 6) is 0.0690. The summed E-state index contributed by atoms with van der Waals surface area (Å²) >= 11 is 0. The van der Waals surface area contributed by atoms with Crippen molar-refractivity contribution in [3.8, 4) is 0 Å². The molecule has 1 amide bonds. The van der Waals surface area contributed by atoms with Crippen LogP contribution in [0.2, 0.25) is 0 Å². The highest BCUT2D eigenvalue weighted by Gasteiger charge is 2.22. The van der Waals surface area contributed by atoms with Crippen LogP contribution in [0.25, 0.3) is 0 Å². The van der Waals surface area contributed by atoms with Gasteiger partial charge in [0, 0.05) is 24.8 Å². The standard InChI is InChI=1S/C20H20N4O3S/c25-20-7-4-12-24(20)18-8-10-19(11-9-18)28(26,27)22-17-13-21-23(15-17)14-16-5-2-1-3-6-16/h1-3,5-6,8-11,13,15,22H,4,7,12,14H2. The average molecular weight is 396 g/mol. The Bertz CT molecular complexity index is 1080. The molecule has 0 radical (unpaired) electrons. The Hall–Kier alpha value is -3.13. The van der Waals surface area contributed by atoms with E-state index in [1.165, 1.54) is 18.3 Å². The summed E-state index contributed by atoms with van der Waals surface area (Å²) in [5, 5.41) is 4.21. The van der Waals surface area contributed by atoms with Crippen molar-refractivity contribution in [2.24, 2.45) is 0 Å². The fraction of sp³-hybridized carbons (Fsp3) is 0.200. The van der Waals surface area contributed by atoms with Crippen molar-refractivity contribution in [3.05, 3.63) is 72.6 Å². The van der Waals surface area contributed by atoms with E-state index < -0.39 is 10.0 Å². The van der Waals surface area contributed by atoms with Crippen LogP contribution in [0.4, 0.5) is 11.4 Å². The van der Waals surface area contributed by atoms with Gasteiger partial charge in [-0.05, 0) is 36.2 Å². The van der Waals surface area contributed by atoms with E-state index in [1.54, 1.807) is 27.9 Å². The van der Waals surface area contributed by atoms with E-state index in [9.17, 15) is 13.2 Å². The first-order chi connectivity index (χ1) is 13.5. The van der Waals surface area contributed by atoms with Crippen molar-refractivity contribution in [2.45, 2.75) is 24.3 Å². The molecule has 2 aromatic carbocycles. The summed E-state index contributed by atoms with van der Waals surface area (Å²) in [6, 6.07) is 16.2. The van der Waals surface area contributed by atoms with E-state index in [1.807, 2.05) is 30.3 Å². The number of hydrogen-bond acceptors (Lipinski definition) is 4. The molecule has 0 spiro atoms. The monoisotopic (exact) mass is 396 g/mol. The molecule has 1 aliphatic heterocycles. The highest BCUT2D eigenvalue weighted by Crippen LogP contribution is 2.24. The van der Waals surface area contributed by atoms with Crippen LogP contribution in [0.15, 0.2) is 71.9 Å². The molecule has 7 nitrogen and oxygen atoms in total. The lowest BCUT2D eigenvalue weighted by Gasteiger charge is -2.16. The van der Waals surface area contributed by atoms with Crippen LogP contribution in [-0.2, 0) is 21.4 Å². The van der Waals surface area contributed by atoms with Crippen molar-refractivity contribution in [1.82, 2.24) is 9.78 Å². The number of anilines is 2. The summed E-state index contributed by atoms with van der Waals surface area (Å²) in [5.41, 5.74) is 2.19. The summed E-state index contributed by atoms with van der Waals surface area (Å²) in [6.45, 7) is 1.23. The van der Waals surface area contributed by atoms with Crippen LogP contribution in [0.5, 0.6) is 0 Å². The molecule has 1 aliphatic rings. The fourth-order valence-electron chi connectivity index (χ4n) is 3.21. The number of rotatable bonds is 6. The third kappa shape index (κ3) is 3.91. The first-order valence-corrected chi connectivity index (χ1v) is 10.5. The lowest BCUT2D eigenvalue weighted by atomic mass is 10.2. The summed E-state index contributed by atoms with van der Waals surface area (Å²) < 4.78 is 29.5. The highest BCUT2D eigenvalue weighted by atomic mass is 32.2. The van der Waals surface area contributed by atoms with Crippen molar-refractivity contribution in [1.29, 1.82) is 0 Å². The minimum absolute atomic E-state index is 0.0690. The van der Waals surface area contributed by atoms with E-state index >= 15 is 0 Å². The Kier molecular flexibility index (Phi) is 4.87.